The van der Waals surface area contributed by atoms with E-state index in [-0.39, 0.29) is 17.9 Å². The van der Waals surface area contributed by atoms with Crippen LogP contribution in [0.1, 0.15) is 27.2 Å². The molecular weight excluding hydrogens is 242 g/mol. The molecule has 2 N–H and O–H groups in total. The molecule has 1 amide bonds. The van der Waals surface area contributed by atoms with Gasteiger partial charge >= 0.3 is 0 Å². The normalized spacial score (nSPS) is 23.3. The second-order valence-electron chi connectivity index (χ2n) is 5.53. The summed E-state index contributed by atoms with van der Waals surface area (Å²) in [5, 5.41) is 6.33. The zero-order chi connectivity index (χ0) is 14.3. The van der Waals surface area contributed by atoms with Crippen LogP contribution in [-0.2, 0) is 9.53 Å². The number of hydrogen-bond acceptors (Lipinski definition) is 4. The minimum Gasteiger partial charge on any atom is -0.379 e. The standard InChI is InChI=1S/C14H29N3O2/c1-5-15-13-10-19-9-12(13)14(18)16-7-6-8-17(4)11(2)3/h11-13,15H,5-10H2,1-4H3,(H,16,18). The van der Waals surface area contributed by atoms with Crippen LogP contribution in [0.2, 0.25) is 0 Å². The minimum absolute atomic E-state index is 0.0391. The predicted octanol–water partition coefficient (Wildman–Crippen LogP) is 0.457. The SMILES string of the molecule is CCNC1COCC1C(=O)NCCCN(C)C(C)C. The Kier molecular flexibility index (Phi) is 7.34. The van der Waals surface area contributed by atoms with Crippen molar-refractivity contribution in [1.82, 2.24) is 15.5 Å². The highest BCUT2D eigenvalue weighted by molar-refractivity contribution is 5.79. The van der Waals surface area contributed by atoms with Crippen LogP contribution in [0.3, 0.4) is 0 Å². The maximum atomic E-state index is 12.1. The van der Waals surface area contributed by atoms with Gasteiger partial charge in [0.15, 0.2) is 0 Å². The average molecular weight is 271 g/mol. The first-order valence-electron chi connectivity index (χ1n) is 7.35. The molecule has 112 valence electrons. The monoisotopic (exact) mass is 271 g/mol. The molecule has 5 heteroatoms. The summed E-state index contributed by atoms with van der Waals surface area (Å²) in [4.78, 5) is 14.3. The number of hydrogen-bond donors (Lipinski definition) is 2. The van der Waals surface area contributed by atoms with Crippen molar-refractivity contribution in [3.63, 3.8) is 0 Å². The lowest BCUT2D eigenvalue weighted by Gasteiger charge is -2.21. The highest BCUT2D eigenvalue weighted by Crippen LogP contribution is 2.13. The summed E-state index contributed by atoms with van der Waals surface area (Å²) in [5.74, 6) is 0.0819. The highest BCUT2D eigenvalue weighted by atomic mass is 16.5. The maximum Gasteiger partial charge on any atom is 0.227 e. The fourth-order valence-electron chi connectivity index (χ4n) is 2.21. The van der Waals surface area contributed by atoms with Crippen LogP contribution in [0.5, 0.6) is 0 Å². The van der Waals surface area contributed by atoms with Crippen molar-refractivity contribution < 1.29 is 9.53 Å². The lowest BCUT2D eigenvalue weighted by molar-refractivity contribution is -0.125. The molecule has 0 radical (unpaired) electrons. The molecule has 2 atom stereocenters. The molecule has 0 spiro atoms. The first kappa shape index (κ1) is 16.4. The third kappa shape index (κ3) is 5.47. The number of amides is 1. The molecule has 0 saturated carbocycles. The van der Waals surface area contributed by atoms with Gasteiger partial charge < -0.3 is 20.3 Å². The molecule has 0 aromatic heterocycles. The van der Waals surface area contributed by atoms with Gasteiger partial charge in [0, 0.05) is 18.6 Å². The van der Waals surface area contributed by atoms with Gasteiger partial charge in [0.1, 0.15) is 0 Å². The molecule has 0 bridgehead atoms. The fraction of sp³-hybridized carbons (Fsp3) is 0.929. The van der Waals surface area contributed by atoms with E-state index in [1.54, 1.807) is 0 Å². The second-order valence-corrected chi connectivity index (χ2v) is 5.53. The Morgan fingerprint density at radius 2 is 2.16 bits per heavy atom. The van der Waals surface area contributed by atoms with Crippen molar-refractivity contribution in [2.45, 2.75) is 39.3 Å². The van der Waals surface area contributed by atoms with E-state index in [9.17, 15) is 4.79 Å². The van der Waals surface area contributed by atoms with E-state index in [0.29, 0.717) is 19.3 Å². The Balaban J connectivity index is 2.20. The van der Waals surface area contributed by atoms with Crippen LogP contribution < -0.4 is 10.6 Å². The number of rotatable bonds is 8. The second kappa shape index (κ2) is 8.51. The van der Waals surface area contributed by atoms with Crippen LogP contribution in [0.4, 0.5) is 0 Å². The zero-order valence-corrected chi connectivity index (χ0v) is 12.7. The number of nitrogens with one attached hydrogen (secondary N) is 2. The Labute approximate surface area is 117 Å². The Morgan fingerprint density at radius 3 is 2.79 bits per heavy atom. The van der Waals surface area contributed by atoms with Crippen molar-refractivity contribution in [3.8, 4) is 0 Å². The summed E-state index contributed by atoms with van der Waals surface area (Å²) >= 11 is 0. The predicted molar refractivity (Wildman–Crippen MR) is 77.2 cm³/mol. The number of carbonyl (C=O) groups is 1. The first-order valence-corrected chi connectivity index (χ1v) is 7.35. The largest absolute Gasteiger partial charge is 0.379 e. The van der Waals surface area contributed by atoms with E-state index in [2.05, 4.69) is 43.4 Å². The van der Waals surface area contributed by atoms with E-state index in [4.69, 9.17) is 4.74 Å². The topological polar surface area (TPSA) is 53.6 Å². The first-order chi connectivity index (χ1) is 9.06. The third-order valence-corrected chi connectivity index (χ3v) is 3.75. The summed E-state index contributed by atoms with van der Waals surface area (Å²) in [6, 6.07) is 0.723. The van der Waals surface area contributed by atoms with E-state index >= 15 is 0 Å². The molecule has 1 saturated heterocycles. The van der Waals surface area contributed by atoms with E-state index in [1.165, 1.54) is 0 Å². The zero-order valence-electron chi connectivity index (χ0n) is 12.7. The van der Waals surface area contributed by atoms with Gasteiger partial charge in [-0.15, -0.1) is 0 Å². The van der Waals surface area contributed by atoms with Crippen LogP contribution in [0.15, 0.2) is 0 Å². The third-order valence-electron chi connectivity index (χ3n) is 3.75. The van der Waals surface area contributed by atoms with Gasteiger partial charge in [-0.1, -0.05) is 6.92 Å². The molecule has 2 unspecified atom stereocenters. The van der Waals surface area contributed by atoms with E-state index < -0.39 is 0 Å². The molecule has 1 rings (SSSR count). The van der Waals surface area contributed by atoms with Crippen LogP contribution in [-0.4, -0.2) is 62.8 Å². The molecule has 1 heterocycles. The summed E-state index contributed by atoms with van der Waals surface area (Å²) < 4.78 is 5.39. The Bertz CT molecular complexity index is 271. The van der Waals surface area contributed by atoms with Crippen molar-refractivity contribution >= 4 is 5.91 Å². The lowest BCUT2D eigenvalue weighted by Crippen LogP contribution is -2.44. The molecule has 0 aliphatic carbocycles. The van der Waals surface area contributed by atoms with E-state index in [1.807, 2.05) is 0 Å². The summed E-state index contributed by atoms with van der Waals surface area (Å²) in [5.41, 5.74) is 0. The number of ether oxygens (including phenoxy) is 1. The van der Waals surface area contributed by atoms with Crippen molar-refractivity contribution in [3.05, 3.63) is 0 Å². The van der Waals surface area contributed by atoms with Crippen LogP contribution in [0.25, 0.3) is 0 Å². The van der Waals surface area contributed by atoms with Gasteiger partial charge in [0.2, 0.25) is 5.91 Å². The maximum absolute atomic E-state index is 12.1. The molecule has 5 nitrogen and oxygen atoms in total. The quantitative estimate of drug-likeness (QED) is 0.630. The summed E-state index contributed by atoms with van der Waals surface area (Å²) in [6.45, 7) is 10.2. The highest BCUT2D eigenvalue weighted by Gasteiger charge is 2.33. The average Bonchev–Trinajstić information content (AvgIpc) is 2.82. The van der Waals surface area contributed by atoms with Gasteiger partial charge in [0.05, 0.1) is 19.1 Å². The van der Waals surface area contributed by atoms with Crippen LogP contribution >= 0.6 is 0 Å². The molecule has 1 aliphatic heterocycles. The molecule has 0 aromatic carbocycles. The molecule has 1 aliphatic rings. The minimum atomic E-state index is -0.0391. The lowest BCUT2D eigenvalue weighted by atomic mass is 10.0. The van der Waals surface area contributed by atoms with Gasteiger partial charge in [-0.2, -0.15) is 0 Å². The summed E-state index contributed by atoms with van der Waals surface area (Å²) in [6.07, 6.45) is 0.986. The van der Waals surface area contributed by atoms with Gasteiger partial charge in [-0.05, 0) is 40.4 Å². The fourth-order valence-corrected chi connectivity index (χ4v) is 2.21. The summed E-state index contributed by atoms with van der Waals surface area (Å²) in [7, 11) is 2.11. The Hall–Kier alpha value is -0.650. The molecule has 19 heavy (non-hydrogen) atoms. The number of carbonyl (C=O) groups excluding carboxylic acids is 1. The van der Waals surface area contributed by atoms with Crippen molar-refractivity contribution in [2.24, 2.45) is 5.92 Å². The van der Waals surface area contributed by atoms with Gasteiger partial charge in [-0.25, -0.2) is 0 Å². The molecule has 0 aromatic rings. The van der Waals surface area contributed by atoms with E-state index in [0.717, 1.165) is 26.1 Å². The van der Waals surface area contributed by atoms with Gasteiger partial charge in [-0.3, -0.25) is 4.79 Å². The van der Waals surface area contributed by atoms with Crippen molar-refractivity contribution in [1.29, 1.82) is 0 Å². The molecule has 1 fully saturated rings. The van der Waals surface area contributed by atoms with Gasteiger partial charge in [0.25, 0.3) is 0 Å². The van der Waals surface area contributed by atoms with Crippen molar-refractivity contribution in [2.75, 3.05) is 39.9 Å². The van der Waals surface area contributed by atoms with Crippen LogP contribution in [0, 0.1) is 5.92 Å². The Morgan fingerprint density at radius 1 is 1.42 bits per heavy atom. The number of likely N-dealkylation sites (N-methyl/N-ethyl adjacent to an activating group) is 1. The number of nitrogens with zero attached hydrogens (tertiary/aromatic N) is 1. The smallest absolute Gasteiger partial charge is 0.227 e. The molecular formula is C14H29N3O2.